The summed E-state index contributed by atoms with van der Waals surface area (Å²) in [6.45, 7) is 2.35. The Morgan fingerprint density at radius 2 is 2.00 bits per heavy atom. The van der Waals surface area contributed by atoms with Gasteiger partial charge in [-0.15, -0.1) is 0 Å². The fourth-order valence-corrected chi connectivity index (χ4v) is 3.35. The molecule has 25 heavy (non-hydrogen) atoms. The third kappa shape index (κ3) is 3.36. The van der Waals surface area contributed by atoms with Gasteiger partial charge in [-0.25, -0.2) is 4.79 Å². The quantitative estimate of drug-likeness (QED) is 0.930. The average Bonchev–Trinajstić information content (AvgIpc) is 2.62. The molecule has 0 saturated heterocycles. The lowest BCUT2D eigenvalue weighted by Gasteiger charge is -2.35. The van der Waals surface area contributed by atoms with Crippen LogP contribution in [-0.4, -0.2) is 35.5 Å². The van der Waals surface area contributed by atoms with Crippen LogP contribution < -0.4 is 4.74 Å². The van der Waals surface area contributed by atoms with Crippen LogP contribution in [0.15, 0.2) is 42.5 Å². The van der Waals surface area contributed by atoms with Crippen molar-refractivity contribution >= 4 is 11.9 Å². The third-order valence-electron chi connectivity index (χ3n) is 4.67. The van der Waals surface area contributed by atoms with Crippen molar-refractivity contribution in [2.45, 2.75) is 25.8 Å². The van der Waals surface area contributed by atoms with E-state index in [0.717, 1.165) is 22.4 Å². The number of ether oxygens (including phenoxy) is 1. The molecule has 0 spiro atoms. The molecule has 0 aliphatic carbocycles. The molecule has 1 N–H and O–H groups in total. The molecule has 1 amide bonds. The number of carbonyl (C=O) groups is 2. The van der Waals surface area contributed by atoms with Crippen LogP contribution in [0, 0.1) is 6.92 Å². The SMILES string of the molecule is COc1cc(CC(=O)N2CCc3ccccc3C2C(=O)O)ccc1C. The van der Waals surface area contributed by atoms with Crippen molar-refractivity contribution in [2.75, 3.05) is 13.7 Å². The van der Waals surface area contributed by atoms with Crippen molar-refractivity contribution in [2.24, 2.45) is 0 Å². The van der Waals surface area contributed by atoms with Gasteiger partial charge in [-0.1, -0.05) is 36.4 Å². The van der Waals surface area contributed by atoms with E-state index in [1.165, 1.54) is 4.90 Å². The predicted molar refractivity (Wildman–Crippen MR) is 93.7 cm³/mol. The molecule has 5 heteroatoms. The molecule has 1 atom stereocenters. The number of rotatable bonds is 4. The number of carboxylic acid groups (broad SMARTS) is 1. The molecule has 130 valence electrons. The van der Waals surface area contributed by atoms with Crippen LogP contribution in [0.3, 0.4) is 0 Å². The van der Waals surface area contributed by atoms with Gasteiger partial charge in [-0.2, -0.15) is 0 Å². The molecule has 1 aliphatic rings. The summed E-state index contributed by atoms with van der Waals surface area (Å²) in [5, 5.41) is 9.68. The Bertz CT molecular complexity index is 815. The minimum Gasteiger partial charge on any atom is -0.496 e. The van der Waals surface area contributed by atoms with Crippen molar-refractivity contribution in [3.8, 4) is 5.75 Å². The molecule has 2 aromatic carbocycles. The number of nitrogens with zero attached hydrogens (tertiary/aromatic N) is 1. The zero-order valence-corrected chi connectivity index (χ0v) is 14.4. The first-order valence-electron chi connectivity index (χ1n) is 8.25. The van der Waals surface area contributed by atoms with Crippen molar-refractivity contribution in [3.05, 3.63) is 64.7 Å². The topological polar surface area (TPSA) is 66.8 Å². The largest absolute Gasteiger partial charge is 0.496 e. The van der Waals surface area contributed by atoms with Gasteiger partial charge in [0, 0.05) is 6.54 Å². The highest BCUT2D eigenvalue weighted by molar-refractivity contribution is 5.86. The van der Waals surface area contributed by atoms with E-state index in [4.69, 9.17) is 4.74 Å². The average molecular weight is 339 g/mol. The summed E-state index contributed by atoms with van der Waals surface area (Å²) in [5.41, 5.74) is 3.51. The molecule has 0 radical (unpaired) electrons. The number of aliphatic carboxylic acids is 1. The standard InChI is InChI=1S/C20H21NO4/c1-13-7-8-14(11-17(13)25-2)12-18(22)21-10-9-15-5-3-4-6-16(15)19(21)20(23)24/h3-8,11,19H,9-10,12H2,1-2H3,(H,23,24). The van der Waals surface area contributed by atoms with Gasteiger partial charge >= 0.3 is 5.97 Å². The molecule has 2 aromatic rings. The summed E-state index contributed by atoms with van der Waals surface area (Å²) in [6.07, 6.45) is 0.825. The number of benzene rings is 2. The maximum atomic E-state index is 12.8. The van der Waals surface area contributed by atoms with Crippen molar-refractivity contribution in [3.63, 3.8) is 0 Å². The smallest absolute Gasteiger partial charge is 0.331 e. The summed E-state index contributed by atoms with van der Waals surface area (Å²) in [7, 11) is 1.59. The highest BCUT2D eigenvalue weighted by Gasteiger charge is 2.35. The highest BCUT2D eigenvalue weighted by Crippen LogP contribution is 2.30. The molecule has 0 aromatic heterocycles. The summed E-state index contributed by atoms with van der Waals surface area (Å²) in [4.78, 5) is 26.1. The third-order valence-corrected chi connectivity index (χ3v) is 4.67. The van der Waals surface area contributed by atoms with E-state index in [1.807, 2.05) is 43.3 Å². The molecule has 1 heterocycles. The first-order chi connectivity index (χ1) is 12.0. The van der Waals surface area contributed by atoms with Crippen LogP contribution in [0.1, 0.15) is 28.3 Å². The number of amides is 1. The first-order valence-corrected chi connectivity index (χ1v) is 8.25. The summed E-state index contributed by atoms with van der Waals surface area (Å²) in [6, 6.07) is 12.1. The van der Waals surface area contributed by atoms with Gasteiger partial charge in [0.05, 0.1) is 13.5 Å². The van der Waals surface area contributed by atoms with E-state index in [1.54, 1.807) is 13.2 Å². The highest BCUT2D eigenvalue weighted by atomic mass is 16.5. The molecule has 5 nitrogen and oxygen atoms in total. The lowest BCUT2D eigenvalue weighted by atomic mass is 9.92. The Hall–Kier alpha value is -2.82. The van der Waals surface area contributed by atoms with Gasteiger partial charge in [0.1, 0.15) is 5.75 Å². The minimum atomic E-state index is -0.998. The summed E-state index contributed by atoms with van der Waals surface area (Å²) in [5.74, 6) is -0.459. The summed E-state index contributed by atoms with van der Waals surface area (Å²) >= 11 is 0. The van der Waals surface area contributed by atoms with E-state index >= 15 is 0 Å². The molecule has 0 fully saturated rings. The Balaban J connectivity index is 1.85. The number of carbonyl (C=O) groups excluding carboxylic acids is 1. The van der Waals surface area contributed by atoms with E-state index in [2.05, 4.69) is 0 Å². The van der Waals surface area contributed by atoms with Crippen LogP contribution in [0.2, 0.25) is 0 Å². The van der Waals surface area contributed by atoms with E-state index in [0.29, 0.717) is 18.5 Å². The minimum absolute atomic E-state index is 0.155. The van der Waals surface area contributed by atoms with E-state index in [9.17, 15) is 14.7 Å². The summed E-state index contributed by atoms with van der Waals surface area (Å²) < 4.78 is 5.30. The van der Waals surface area contributed by atoms with Gasteiger partial charge in [0.2, 0.25) is 5.91 Å². The Labute approximate surface area is 146 Å². The van der Waals surface area contributed by atoms with Crippen LogP contribution >= 0.6 is 0 Å². The molecule has 0 saturated carbocycles. The normalized spacial score (nSPS) is 16.2. The van der Waals surface area contributed by atoms with E-state index in [-0.39, 0.29) is 12.3 Å². The Kier molecular flexibility index (Phi) is 4.74. The second-order valence-electron chi connectivity index (χ2n) is 6.26. The van der Waals surface area contributed by atoms with Gasteiger partial charge in [0.25, 0.3) is 0 Å². The van der Waals surface area contributed by atoms with Crippen molar-refractivity contribution < 1.29 is 19.4 Å². The number of hydrogen-bond donors (Lipinski definition) is 1. The Morgan fingerprint density at radius 1 is 1.24 bits per heavy atom. The van der Waals surface area contributed by atoms with Crippen molar-refractivity contribution in [1.29, 1.82) is 0 Å². The predicted octanol–water partition coefficient (Wildman–Crippen LogP) is 2.76. The zero-order valence-electron chi connectivity index (χ0n) is 14.4. The molecular weight excluding hydrogens is 318 g/mol. The van der Waals surface area contributed by atoms with Gasteiger partial charge in [-0.05, 0) is 41.7 Å². The number of methoxy groups -OCH3 is 1. The number of carboxylic acids is 1. The first kappa shape index (κ1) is 17.0. The molecule has 1 unspecified atom stereocenters. The second-order valence-corrected chi connectivity index (χ2v) is 6.26. The molecule has 1 aliphatic heterocycles. The number of aryl methyl sites for hydroxylation is 1. The van der Waals surface area contributed by atoms with Crippen molar-refractivity contribution in [1.82, 2.24) is 4.90 Å². The van der Waals surface area contributed by atoms with Crippen LogP contribution in [0.5, 0.6) is 5.75 Å². The fourth-order valence-electron chi connectivity index (χ4n) is 3.35. The molecular formula is C20H21NO4. The van der Waals surface area contributed by atoms with Gasteiger partial charge < -0.3 is 14.7 Å². The fraction of sp³-hybridized carbons (Fsp3) is 0.300. The van der Waals surface area contributed by atoms with E-state index < -0.39 is 12.0 Å². The monoisotopic (exact) mass is 339 g/mol. The lowest BCUT2D eigenvalue weighted by Crippen LogP contribution is -2.44. The zero-order chi connectivity index (χ0) is 18.0. The maximum absolute atomic E-state index is 12.8. The van der Waals surface area contributed by atoms with Gasteiger partial charge in [0.15, 0.2) is 6.04 Å². The molecule has 3 rings (SSSR count). The van der Waals surface area contributed by atoms with Crippen LogP contribution in [0.4, 0.5) is 0 Å². The maximum Gasteiger partial charge on any atom is 0.331 e. The van der Waals surface area contributed by atoms with Crippen LogP contribution in [0.25, 0.3) is 0 Å². The van der Waals surface area contributed by atoms with Gasteiger partial charge in [-0.3, -0.25) is 4.79 Å². The van der Waals surface area contributed by atoms with Crippen LogP contribution in [-0.2, 0) is 22.4 Å². The number of fused-ring (bicyclic) bond motifs is 1. The molecule has 0 bridgehead atoms. The number of hydrogen-bond acceptors (Lipinski definition) is 3. The lowest BCUT2D eigenvalue weighted by molar-refractivity contribution is -0.151. The Morgan fingerprint density at radius 3 is 2.72 bits per heavy atom. The second kappa shape index (κ2) is 6.97.